The minimum atomic E-state index is -0.939. The number of thioether (sulfide) groups is 1. The summed E-state index contributed by atoms with van der Waals surface area (Å²) in [5.74, 6) is 1.05. The van der Waals surface area contributed by atoms with Gasteiger partial charge in [-0.15, -0.1) is 0 Å². The van der Waals surface area contributed by atoms with Crippen LogP contribution >= 0.6 is 11.8 Å². The lowest BCUT2D eigenvalue weighted by molar-refractivity contribution is -0.0442. The van der Waals surface area contributed by atoms with Gasteiger partial charge < -0.3 is 15.3 Å². The standard InChI is InChI=1S/C5H10O3S/c6-3-1-9-2-4(7)5(3)8/h3-8H,1-2H2/t3-,4-/m1/s1. The lowest BCUT2D eigenvalue weighted by atomic mass is 10.1. The molecule has 0 bridgehead atoms. The average molecular weight is 150 g/mol. The van der Waals surface area contributed by atoms with Crippen molar-refractivity contribution in [3.8, 4) is 0 Å². The molecule has 2 atom stereocenters. The van der Waals surface area contributed by atoms with Crippen molar-refractivity contribution < 1.29 is 15.3 Å². The summed E-state index contributed by atoms with van der Waals surface area (Å²) in [6, 6.07) is 0. The van der Waals surface area contributed by atoms with Gasteiger partial charge in [-0.3, -0.25) is 0 Å². The minimum absolute atomic E-state index is 0.526. The van der Waals surface area contributed by atoms with Gasteiger partial charge in [0.2, 0.25) is 0 Å². The van der Waals surface area contributed by atoms with Crippen molar-refractivity contribution in [1.29, 1.82) is 0 Å². The van der Waals surface area contributed by atoms with E-state index in [4.69, 9.17) is 15.3 Å². The minimum Gasteiger partial charge on any atom is -0.389 e. The lowest BCUT2D eigenvalue weighted by Crippen LogP contribution is -2.43. The molecule has 54 valence electrons. The van der Waals surface area contributed by atoms with Gasteiger partial charge in [-0.2, -0.15) is 11.8 Å². The Balaban J connectivity index is 2.41. The second-order valence-electron chi connectivity index (χ2n) is 2.16. The Kier molecular flexibility index (Phi) is 2.35. The molecule has 1 saturated heterocycles. The maximum absolute atomic E-state index is 8.93. The van der Waals surface area contributed by atoms with Crippen LogP contribution in [0.1, 0.15) is 0 Å². The second kappa shape index (κ2) is 2.88. The van der Waals surface area contributed by atoms with Gasteiger partial charge in [0.25, 0.3) is 0 Å². The third-order valence-electron chi connectivity index (χ3n) is 1.37. The molecule has 1 aliphatic rings. The van der Waals surface area contributed by atoms with Gasteiger partial charge in [-0.1, -0.05) is 0 Å². The molecule has 1 heterocycles. The molecule has 0 aromatic carbocycles. The Bertz CT molecular complexity index is 88.2. The van der Waals surface area contributed by atoms with Crippen LogP contribution in [0.15, 0.2) is 0 Å². The normalized spacial score (nSPS) is 39.0. The summed E-state index contributed by atoms with van der Waals surface area (Å²) >= 11 is 1.45. The summed E-state index contributed by atoms with van der Waals surface area (Å²) in [4.78, 5) is 0. The van der Waals surface area contributed by atoms with Crippen molar-refractivity contribution in [3.05, 3.63) is 0 Å². The first-order valence-electron chi connectivity index (χ1n) is 2.84. The van der Waals surface area contributed by atoms with Crippen molar-refractivity contribution in [2.75, 3.05) is 11.5 Å². The van der Waals surface area contributed by atoms with E-state index in [1.807, 2.05) is 0 Å². The highest BCUT2D eigenvalue weighted by Gasteiger charge is 2.28. The number of hydrogen-bond donors (Lipinski definition) is 3. The molecule has 0 spiro atoms. The molecule has 0 amide bonds. The molecule has 9 heavy (non-hydrogen) atoms. The van der Waals surface area contributed by atoms with E-state index in [0.29, 0.717) is 11.5 Å². The van der Waals surface area contributed by atoms with Crippen molar-refractivity contribution >= 4 is 11.8 Å². The van der Waals surface area contributed by atoms with Gasteiger partial charge in [-0.25, -0.2) is 0 Å². The van der Waals surface area contributed by atoms with Crippen LogP contribution in [0.5, 0.6) is 0 Å². The van der Waals surface area contributed by atoms with E-state index in [9.17, 15) is 0 Å². The van der Waals surface area contributed by atoms with E-state index >= 15 is 0 Å². The van der Waals surface area contributed by atoms with Crippen LogP contribution < -0.4 is 0 Å². The van der Waals surface area contributed by atoms with Crippen LogP contribution in [0.2, 0.25) is 0 Å². The first-order chi connectivity index (χ1) is 4.22. The molecule has 0 saturated carbocycles. The van der Waals surface area contributed by atoms with Crippen LogP contribution in [0.4, 0.5) is 0 Å². The molecule has 1 aliphatic heterocycles. The van der Waals surface area contributed by atoms with E-state index in [-0.39, 0.29) is 0 Å². The molecule has 3 nitrogen and oxygen atoms in total. The molecule has 0 unspecified atom stereocenters. The Morgan fingerprint density at radius 2 is 1.44 bits per heavy atom. The van der Waals surface area contributed by atoms with Crippen molar-refractivity contribution in [2.24, 2.45) is 0 Å². The highest BCUT2D eigenvalue weighted by atomic mass is 32.2. The zero-order valence-electron chi connectivity index (χ0n) is 4.90. The predicted octanol–water partition coefficient (Wildman–Crippen LogP) is -1.18. The number of aliphatic hydroxyl groups excluding tert-OH is 3. The summed E-state index contributed by atoms with van der Waals surface area (Å²) in [7, 11) is 0. The Morgan fingerprint density at radius 3 is 1.78 bits per heavy atom. The van der Waals surface area contributed by atoms with E-state index < -0.39 is 18.3 Å². The molecule has 3 N–H and O–H groups in total. The Hall–Kier alpha value is 0.230. The number of aliphatic hydroxyl groups is 3. The van der Waals surface area contributed by atoms with Crippen LogP contribution in [-0.4, -0.2) is 45.1 Å². The molecule has 0 radical (unpaired) electrons. The maximum Gasteiger partial charge on any atom is 0.107 e. The molecule has 1 rings (SSSR count). The zero-order chi connectivity index (χ0) is 6.85. The smallest absolute Gasteiger partial charge is 0.107 e. The van der Waals surface area contributed by atoms with Gasteiger partial charge in [0.1, 0.15) is 6.10 Å². The summed E-state index contributed by atoms with van der Waals surface area (Å²) in [6.07, 6.45) is -2.44. The van der Waals surface area contributed by atoms with Crippen molar-refractivity contribution in [3.63, 3.8) is 0 Å². The van der Waals surface area contributed by atoms with Crippen LogP contribution in [-0.2, 0) is 0 Å². The van der Waals surface area contributed by atoms with Gasteiger partial charge >= 0.3 is 0 Å². The summed E-state index contributed by atoms with van der Waals surface area (Å²) < 4.78 is 0. The summed E-state index contributed by atoms with van der Waals surface area (Å²) in [6.45, 7) is 0. The predicted molar refractivity (Wildman–Crippen MR) is 35.3 cm³/mol. The molecule has 0 aliphatic carbocycles. The highest BCUT2D eigenvalue weighted by molar-refractivity contribution is 7.99. The fourth-order valence-corrected chi connectivity index (χ4v) is 1.78. The molecule has 4 heteroatoms. The van der Waals surface area contributed by atoms with E-state index in [1.165, 1.54) is 11.8 Å². The van der Waals surface area contributed by atoms with Crippen LogP contribution in [0, 0.1) is 0 Å². The quantitative estimate of drug-likeness (QED) is 0.406. The van der Waals surface area contributed by atoms with Gasteiger partial charge in [0, 0.05) is 11.5 Å². The van der Waals surface area contributed by atoms with E-state index in [0.717, 1.165) is 0 Å². The van der Waals surface area contributed by atoms with E-state index in [1.54, 1.807) is 0 Å². The zero-order valence-corrected chi connectivity index (χ0v) is 5.71. The monoisotopic (exact) mass is 150 g/mol. The molecule has 0 aromatic heterocycles. The average Bonchev–Trinajstić information content (AvgIpc) is 1.83. The third-order valence-corrected chi connectivity index (χ3v) is 2.52. The SMILES string of the molecule is OC1[C@H](O)CSC[C@H]1O. The maximum atomic E-state index is 8.93. The largest absolute Gasteiger partial charge is 0.389 e. The molecule has 0 aromatic rings. The lowest BCUT2D eigenvalue weighted by Gasteiger charge is -2.27. The van der Waals surface area contributed by atoms with E-state index in [2.05, 4.69) is 0 Å². The summed E-state index contributed by atoms with van der Waals surface area (Å²) in [5, 5.41) is 26.8. The third kappa shape index (κ3) is 1.58. The number of hydrogen-bond acceptors (Lipinski definition) is 4. The Labute approximate surface area is 57.7 Å². The first-order valence-corrected chi connectivity index (χ1v) is 3.99. The molecular formula is C5H10O3S. The fourth-order valence-electron chi connectivity index (χ4n) is 0.763. The molecular weight excluding hydrogens is 140 g/mol. The van der Waals surface area contributed by atoms with Crippen LogP contribution in [0.3, 0.4) is 0 Å². The molecule has 1 fully saturated rings. The van der Waals surface area contributed by atoms with Crippen LogP contribution in [0.25, 0.3) is 0 Å². The number of rotatable bonds is 0. The highest BCUT2D eigenvalue weighted by Crippen LogP contribution is 2.17. The topological polar surface area (TPSA) is 60.7 Å². The van der Waals surface area contributed by atoms with Gasteiger partial charge in [0.05, 0.1) is 12.2 Å². The Morgan fingerprint density at radius 1 is 1.00 bits per heavy atom. The van der Waals surface area contributed by atoms with Gasteiger partial charge in [-0.05, 0) is 0 Å². The van der Waals surface area contributed by atoms with Gasteiger partial charge in [0.15, 0.2) is 0 Å². The first kappa shape index (κ1) is 7.34. The van der Waals surface area contributed by atoms with Crippen molar-refractivity contribution in [1.82, 2.24) is 0 Å². The fraction of sp³-hybridized carbons (Fsp3) is 1.00. The summed E-state index contributed by atoms with van der Waals surface area (Å²) in [5.41, 5.74) is 0. The van der Waals surface area contributed by atoms with Crippen molar-refractivity contribution in [2.45, 2.75) is 18.3 Å². The second-order valence-corrected chi connectivity index (χ2v) is 3.24.